The summed E-state index contributed by atoms with van der Waals surface area (Å²) in [6, 6.07) is 6.19. The number of aryl methyl sites for hydroxylation is 1. The summed E-state index contributed by atoms with van der Waals surface area (Å²) in [6.45, 7) is 6.11. The molecule has 1 aromatic carbocycles. The van der Waals surface area contributed by atoms with E-state index >= 15 is 0 Å². The van der Waals surface area contributed by atoms with Gasteiger partial charge in [-0.25, -0.2) is 4.98 Å². The van der Waals surface area contributed by atoms with Gasteiger partial charge in [0, 0.05) is 0 Å². The maximum Gasteiger partial charge on any atom is 0.0814 e. The molecular weight excluding hydrogens is 166 g/mol. The Morgan fingerprint density at radius 2 is 2.00 bits per heavy atom. The number of nitrogens with zero attached hydrogens (tertiary/aromatic N) is 1. The molecule has 0 radical (unpaired) electrons. The van der Waals surface area contributed by atoms with Crippen molar-refractivity contribution >= 4 is 21.6 Å². The topological polar surface area (TPSA) is 12.9 Å². The lowest BCUT2D eigenvalue weighted by molar-refractivity contribution is 1.48. The highest BCUT2D eigenvalue weighted by Gasteiger charge is 1.96. The quantitative estimate of drug-likeness (QED) is 0.601. The molecule has 2 aromatic rings. The van der Waals surface area contributed by atoms with Gasteiger partial charge in [-0.3, -0.25) is 0 Å². The normalized spacial score (nSPS) is 9.25. The van der Waals surface area contributed by atoms with Gasteiger partial charge in [-0.1, -0.05) is 26.0 Å². The van der Waals surface area contributed by atoms with E-state index in [4.69, 9.17) is 0 Å². The highest BCUT2D eigenvalue weighted by Crippen LogP contribution is 2.20. The molecule has 1 heterocycles. The van der Waals surface area contributed by atoms with E-state index < -0.39 is 0 Å². The summed E-state index contributed by atoms with van der Waals surface area (Å²) in [6.07, 6.45) is 0. The van der Waals surface area contributed by atoms with Gasteiger partial charge < -0.3 is 0 Å². The van der Waals surface area contributed by atoms with Gasteiger partial charge in [0.25, 0.3) is 0 Å². The predicted octanol–water partition coefficient (Wildman–Crippen LogP) is 3.63. The van der Waals surface area contributed by atoms with Crippen molar-refractivity contribution < 1.29 is 0 Å². The van der Waals surface area contributed by atoms with Crippen LogP contribution in [-0.2, 0) is 0 Å². The smallest absolute Gasteiger partial charge is 0.0814 e. The first kappa shape index (κ1) is 9.20. The van der Waals surface area contributed by atoms with Gasteiger partial charge in [-0.15, -0.1) is 11.3 Å². The molecule has 0 saturated carbocycles. The van der Waals surface area contributed by atoms with E-state index in [1.54, 1.807) is 11.3 Å². The number of benzene rings is 1. The largest absolute Gasteiger partial charge is 0.245 e. The SMILES string of the molecule is CC.Cc1cccc2ncsc12. The van der Waals surface area contributed by atoms with Crippen LogP contribution in [0.2, 0.25) is 0 Å². The number of aromatic nitrogens is 1. The molecule has 1 aromatic heterocycles. The van der Waals surface area contributed by atoms with Crippen LogP contribution in [0.5, 0.6) is 0 Å². The Bertz CT molecular complexity index is 351. The molecule has 0 atom stereocenters. The van der Waals surface area contributed by atoms with E-state index in [2.05, 4.69) is 18.0 Å². The Balaban J connectivity index is 0.000000336. The molecule has 12 heavy (non-hydrogen) atoms. The van der Waals surface area contributed by atoms with E-state index in [1.165, 1.54) is 10.3 Å². The molecule has 0 aliphatic carbocycles. The Morgan fingerprint density at radius 1 is 1.25 bits per heavy atom. The van der Waals surface area contributed by atoms with Crippen molar-refractivity contribution in [2.45, 2.75) is 20.8 Å². The van der Waals surface area contributed by atoms with E-state index in [1.807, 2.05) is 31.5 Å². The van der Waals surface area contributed by atoms with Crippen LogP contribution in [0.4, 0.5) is 0 Å². The van der Waals surface area contributed by atoms with Gasteiger partial charge in [-0.2, -0.15) is 0 Å². The summed E-state index contributed by atoms with van der Waals surface area (Å²) < 4.78 is 1.31. The highest BCUT2D eigenvalue weighted by molar-refractivity contribution is 7.16. The molecule has 0 fully saturated rings. The summed E-state index contributed by atoms with van der Waals surface area (Å²) >= 11 is 1.70. The van der Waals surface area contributed by atoms with Crippen LogP contribution in [0.1, 0.15) is 19.4 Å². The van der Waals surface area contributed by atoms with Crippen molar-refractivity contribution in [2.24, 2.45) is 0 Å². The number of thiazole rings is 1. The van der Waals surface area contributed by atoms with Crippen molar-refractivity contribution in [2.75, 3.05) is 0 Å². The average molecular weight is 179 g/mol. The standard InChI is InChI=1S/C8H7NS.C2H6/c1-6-3-2-4-7-8(6)10-5-9-7;1-2/h2-5H,1H3;1-2H3. The van der Waals surface area contributed by atoms with Crippen molar-refractivity contribution in [3.05, 3.63) is 29.3 Å². The highest BCUT2D eigenvalue weighted by atomic mass is 32.1. The van der Waals surface area contributed by atoms with Gasteiger partial charge >= 0.3 is 0 Å². The molecule has 0 aliphatic heterocycles. The molecule has 1 nitrogen and oxygen atoms in total. The summed E-state index contributed by atoms with van der Waals surface area (Å²) in [4.78, 5) is 4.20. The number of hydrogen-bond donors (Lipinski definition) is 0. The predicted molar refractivity (Wildman–Crippen MR) is 55.7 cm³/mol. The van der Waals surface area contributed by atoms with Gasteiger partial charge in [0.1, 0.15) is 0 Å². The minimum atomic E-state index is 1.12. The van der Waals surface area contributed by atoms with Crippen LogP contribution in [0, 0.1) is 6.92 Å². The van der Waals surface area contributed by atoms with Crippen LogP contribution in [0.15, 0.2) is 23.7 Å². The van der Waals surface area contributed by atoms with Crippen molar-refractivity contribution in [3.63, 3.8) is 0 Å². The van der Waals surface area contributed by atoms with Crippen LogP contribution >= 0.6 is 11.3 Å². The molecule has 0 aliphatic rings. The fourth-order valence-corrected chi connectivity index (χ4v) is 1.79. The third kappa shape index (κ3) is 1.64. The van der Waals surface area contributed by atoms with E-state index in [9.17, 15) is 0 Å². The molecular formula is C10H13NS. The maximum atomic E-state index is 4.20. The lowest BCUT2D eigenvalue weighted by Gasteiger charge is -1.90. The molecule has 0 N–H and O–H groups in total. The molecule has 0 bridgehead atoms. The van der Waals surface area contributed by atoms with Crippen LogP contribution < -0.4 is 0 Å². The van der Waals surface area contributed by atoms with Crippen molar-refractivity contribution in [3.8, 4) is 0 Å². The summed E-state index contributed by atoms with van der Waals surface area (Å²) in [5, 5.41) is 0. The zero-order chi connectivity index (χ0) is 8.97. The van der Waals surface area contributed by atoms with Crippen LogP contribution in [-0.4, -0.2) is 4.98 Å². The van der Waals surface area contributed by atoms with Gasteiger partial charge in [0.15, 0.2) is 0 Å². The van der Waals surface area contributed by atoms with Gasteiger partial charge in [-0.05, 0) is 18.6 Å². The second-order valence-electron chi connectivity index (χ2n) is 2.28. The Hall–Kier alpha value is -0.890. The third-order valence-electron chi connectivity index (χ3n) is 1.55. The molecule has 0 unspecified atom stereocenters. The lowest BCUT2D eigenvalue weighted by Crippen LogP contribution is -1.70. The fourth-order valence-electron chi connectivity index (χ4n) is 1.03. The second kappa shape index (κ2) is 4.21. The van der Waals surface area contributed by atoms with E-state index in [0.29, 0.717) is 0 Å². The molecule has 0 amide bonds. The van der Waals surface area contributed by atoms with E-state index in [-0.39, 0.29) is 0 Å². The Kier molecular flexibility index (Phi) is 3.23. The van der Waals surface area contributed by atoms with E-state index in [0.717, 1.165) is 5.52 Å². The summed E-state index contributed by atoms with van der Waals surface area (Å²) in [7, 11) is 0. The Morgan fingerprint density at radius 3 is 2.67 bits per heavy atom. The monoisotopic (exact) mass is 179 g/mol. The number of hydrogen-bond acceptors (Lipinski definition) is 2. The summed E-state index contributed by atoms with van der Waals surface area (Å²) in [5.74, 6) is 0. The molecule has 0 saturated heterocycles. The van der Waals surface area contributed by atoms with Gasteiger partial charge in [0.2, 0.25) is 0 Å². The molecule has 2 heteroatoms. The minimum absolute atomic E-state index is 1.12. The molecule has 2 rings (SSSR count). The summed E-state index contributed by atoms with van der Waals surface area (Å²) in [5.41, 5.74) is 4.32. The first-order valence-corrected chi connectivity index (χ1v) is 5.05. The lowest BCUT2D eigenvalue weighted by atomic mass is 10.2. The van der Waals surface area contributed by atoms with Crippen LogP contribution in [0.25, 0.3) is 10.2 Å². The van der Waals surface area contributed by atoms with Gasteiger partial charge in [0.05, 0.1) is 15.7 Å². The fraction of sp³-hybridized carbons (Fsp3) is 0.300. The number of rotatable bonds is 0. The average Bonchev–Trinajstić information content (AvgIpc) is 2.57. The third-order valence-corrected chi connectivity index (χ3v) is 2.53. The second-order valence-corrected chi connectivity index (χ2v) is 3.13. The number of fused-ring (bicyclic) bond motifs is 1. The molecule has 64 valence electrons. The maximum absolute atomic E-state index is 4.20. The van der Waals surface area contributed by atoms with Crippen LogP contribution in [0.3, 0.4) is 0 Å². The Labute approximate surface area is 77.1 Å². The zero-order valence-electron chi connectivity index (χ0n) is 7.66. The zero-order valence-corrected chi connectivity index (χ0v) is 8.48. The molecule has 0 spiro atoms. The van der Waals surface area contributed by atoms with Crippen molar-refractivity contribution in [1.82, 2.24) is 4.98 Å². The first-order chi connectivity index (χ1) is 5.88. The first-order valence-electron chi connectivity index (χ1n) is 4.17. The van der Waals surface area contributed by atoms with Crippen molar-refractivity contribution in [1.29, 1.82) is 0 Å². The minimum Gasteiger partial charge on any atom is -0.245 e.